The fourth-order valence-electron chi connectivity index (χ4n) is 1.65. The van der Waals surface area contributed by atoms with E-state index >= 15 is 0 Å². The van der Waals surface area contributed by atoms with Crippen molar-refractivity contribution in [2.24, 2.45) is 5.73 Å². The first-order valence-corrected chi connectivity index (χ1v) is 6.33. The number of hydrogen-bond donors (Lipinski definition) is 1. The van der Waals surface area contributed by atoms with Crippen LogP contribution < -0.4 is 5.73 Å². The Labute approximate surface area is 100 Å². The zero-order valence-corrected chi connectivity index (χ0v) is 10.3. The molecule has 1 aromatic heterocycles. The molecule has 0 fully saturated rings. The van der Waals surface area contributed by atoms with E-state index in [9.17, 15) is 0 Å². The van der Waals surface area contributed by atoms with Crippen molar-refractivity contribution >= 4 is 11.3 Å². The fourth-order valence-corrected chi connectivity index (χ4v) is 2.70. The lowest BCUT2D eigenvalue weighted by Crippen LogP contribution is -1.99. The lowest BCUT2D eigenvalue weighted by molar-refractivity contribution is 0.826. The molecule has 3 heteroatoms. The van der Waals surface area contributed by atoms with Crippen LogP contribution >= 0.6 is 11.3 Å². The van der Waals surface area contributed by atoms with E-state index in [1.165, 1.54) is 21.0 Å². The molecule has 1 heterocycles. The highest BCUT2D eigenvalue weighted by Crippen LogP contribution is 2.28. The molecular weight excluding hydrogens is 216 g/mol. The maximum atomic E-state index is 5.50. The number of thiazole rings is 1. The third-order valence-electron chi connectivity index (χ3n) is 2.56. The molecule has 0 spiro atoms. The number of rotatable bonds is 4. The highest BCUT2D eigenvalue weighted by Gasteiger charge is 2.05. The fraction of sp³-hybridized carbons (Fsp3) is 0.308. The van der Waals surface area contributed by atoms with Crippen LogP contribution in [0.5, 0.6) is 0 Å². The van der Waals surface area contributed by atoms with Crippen molar-refractivity contribution in [2.45, 2.75) is 19.8 Å². The van der Waals surface area contributed by atoms with Crippen molar-refractivity contribution in [3.8, 4) is 10.4 Å². The van der Waals surface area contributed by atoms with Crippen molar-refractivity contribution in [1.82, 2.24) is 4.98 Å². The Kier molecular flexibility index (Phi) is 3.70. The molecule has 0 saturated carbocycles. The first kappa shape index (κ1) is 11.3. The van der Waals surface area contributed by atoms with Gasteiger partial charge in [-0.2, -0.15) is 0 Å². The van der Waals surface area contributed by atoms with Crippen molar-refractivity contribution in [2.75, 3.05) is 6.54 Å². The summed E-state index contributed by atoms with van der Waals surface area (Å²) in [5.74, 6) is 0. The topological polar surface area (TPSA) is 38.9 Å². The zero-order valence-electron chi connectivity index (χ0n) is 9.44. The minimum atomic E-state index is 0.735. The molecule has 0 aliphatic rings. The van der Waals surface area contributed by atoms with Crippen LogP contribution in [0.1, 0.15) is 17.0 Å². The third kappa shape index (κ3) is 2.49. The largest absolute Gasteiger partial charge is 0.330 e. The maximum Gasteiger partial charge on any atom is 0.0931 e. The molecule has 0 aliphatic heterocycles. The van der Waals surface area contributed by atoms with Crippen molar-refractivity contribution < 1.29 is 0 Å². The molecule has 0 aliphatic carbocycles. The molecule has 2 nitrogen and oxygen atoms in total. The van der Waals surface area contributed by atoms with Crippen molar-refractivity contribution in [3.63, 3.8) is 0 Å². The van der Waals surface area contributed by atoms with Gasteiger partial charge in [-0.15, -0.1) is 11.3 Å². The van der Waals surface area contributed by atoms with E-state index in [4.69, 9.17) is 5.73 Å². The quantitative estimate of drug-likeness (QED) is 0.880. The molecule has 1 aromatic carbocycles. The number of aryl methyl sites for hydroxylation is 2. The van der Waals surface area contributed by atoms with E-state index in [1.54, 1.807) is 11.3 Å². The van der Waals surface area contributed by atoms with Crippen LogP contribution in [0.2, 0.25) is 0 Å². The van der Waals surface area contributed by atoms with Gasteiger partial charge in [-0.3, -0.25) is 0 Å². The SMILES string of the molecule is Cc1ccccc1-c1cnc(CCCN)s1. The highest BCUT2D eigenvalue weighted by molar-refractivity contribution is 7.15. The Morgan fingerprint density at radius 2 is 2.12 bits per heavy atom. The van der Waals surface area contributed by atoms with E-state index in [0.29, 0.717) is 0 Å². The molecule has 0 radical (unpaired) electrons. The number of nitrogens with zero attached hydrogens (tertiary/aromatic N) is 1. The Morgan fingerprint density at radius 3 is 2.88 bits per heavy atom. The van der Waals surface area contributed by atoms with Gasteiger partial charge < -0.3 is 5.73 Å². The second-order valence-corrected chi connectivity index (χ2v) is 4.94. The minimum Gasteiger partial charge on any atom is -0.330 e. The molecule has 0 amide bonds. The van der Waals surface area contributed by atoms with Gasteiger partial charge in [0.1, 0.15) is 0 Å². The molecule has 2 aromatic rings. The minimum absolute atomic E-state index is 0.735. The molecule has 16 heavy (non-hydrogen) atoms. The van der Waals surface area contributed by atoms with E-state index < -0.39 is 0 Å². The monoisotopic (exact) mass is 232 g/mol. The van der Waals surface area contributed by atoms with Crippen LogP contribution in [0.15, 0.2) is 30.5 Å². The second kappa shape index (κ2) is 5.23. The van der Waals surface area contributed by atoms with E-state index in [1.807, 2.05) is 6.20 Å². The summed E-state index contributed by atoms with van der Waals surface area (Å²) in [5.41, 5.74) is 8.09. The van der Waals surface area contributed by atoms with Gasteiger partial charge in [0.2, 0.25) is 0 Å². The van der Waals surface area contributed by atoms with Gasteiger partial charge >= 0.3 is 0 Å². The van der Waals surface area contributed by atoms with E-state index in [2.05, 4.69) is 36.2 Å². The van der Waals surface area contributed by atoms with Crippen molar-refractivity contribution in [1.29, 1.82) is 0 Å². The van der Waals surface area contributed by atoms with Crippen LogP contribution in [0.3, 0.4) is 0 Å². The van der Waals surface area contributed by atoms with Crippen LogP contribution in [-0.4, -0.2) is 11.5 Å². The summed E-state index contributed by atoms with van der Waals surface area (Å²) in [7, 11) is 0. The molecule has 0 saturated heterocycles. The average Bonchev–Trinajstić information content (AvgIpc) is 2.75. The lowest BCUT2D eigenvalue weighted by Gasteiger charge is -2.00. The number of benzene rings is 1. The van der Waals surface area contributed by atoms with Crippen LogP contribution in [0, 0.1) is 6.92 Å². The summed E-state index contributed by atoms with van der Waals surface area (Å²) < 4.78 is 0. The van der Waals surface area contributed by atoms with Gasteiger partial charge in [0.15, 0.2) is 0 Å². The number of aromatic nitrogens is 1. The molecule has 0 bridgehead atoms. The zero-order chi connectivity index (χ0) is 11.4. The molecular formula is C13H16N2S. The standard InChI is InChI=1S/C13H16N2S/c1-10-5-2-3-6-11(10)12-9-15-13(16-12)7-4-8-14/h2-3,5-6,9H,4,7-8,14H2,1H3. The Morgan fingerprint density at radius 1 is 1.31 bits per heavy atom. The molecule has 0 atom stereocenters. The summed E-state index contributed by atoms with van der Waals surface area (Å²) in [4.78, 5) is 5.69. The Balaban J connectivity index is 2.22. The molecule has 0 unspecified atom stereocenters. The summed E-state index contributed by atoms with van der Waals surface area (Å²) in [6, 6.07) is 8.42. The molecule has 2 N–H and O–H groups in total. The van der Waals surface area contributed by atoms with Gasteiger partial charge in [-0.25, -0.2) is 4.98 Å². The Hall–Kier alpha value is -1.19. The van der Waals surface area contributed by atoms with E-state index in [0.717, 1.165) is 19.4 Å². The Bertz CT molecular complexity index is 462. The maximum absolute atomic E-state index is 5.50. The van der Waals surface area contributed by atoms with Gasteiger partial charge in [-0.1, -0.05) is 24.3 Å². The summed E-state index contributed by atoms with van der Waals surface area (Å²) >= 11 is 1.77. The summed E-state index contributed by atoms with van der Waals surface area (Å²) in [6.45, 7) is 2.87. The van der Waals surface area contributed by atoms with Gasteiger partial charge in [-0.05, 0) is 31.0 Å². The van der Waals surface area contributed by atoms with Crippen LogP contribution in [0.25, 0.3) is 10.4 Å². The van der Waals surface area contributed by atoms with Gasteiger partial charge in [0.05, 0.1) is 9.88 Å². The predicted octanol–water partition coefficient (Wildman–Crippen LogP) is 3.01. The van der Waals surface area contributed by atoms with Gasteiger partial charge in [0.25, 0.3) is 0 Å². The lowest BCUT2D eigenvalue weighted by atomic mass is 10.1. The summed E-state index contributed by atoms with van der Waals surface area (Å²) in [5, 5.41) is 1.18. The van der Waals surface area contributed by atoms with E-state index in [-0.39, 0.29) is 0 Å². The third-order valence-corrected chi connectivity index (χ3v) is 3.65. The predicted molar refractivity (Wildman–Crippen MR) is 69.7 cm³/mol. The highest BCUT2D eigenvalue weighted by atomic mass is 32.1. The normalized spacial score (nSPS) is 10.6. The van der Waals surface area contributed by atoms with Crippen molar-refractivity contribution in [3.05, 3.63) is 41.0 Å². The summed E-state index contributed by atoms with van der Waals surface area (Å²) in [6.07, 6.45) is 3.98. The smallest absolute Gasteiger partial charge is 0.0931 e. The first-order valence-electron chi connectivity index (χ1n) is 5.52. The van der Waals surface area contributed by atoms with Crippen LogP contribution in [0.4, 0.5) is 0 Å². The average molecular weight is 232 g/mol. The molecule has 2 rings (SSSR count). The van der Waals surface area contributed by atoms with Gasteiger partial charge in [0, 0.05) is 12.6 Å². The first-order chi connectivity index (χ1) is 7.81. The molecule has 84 valence electrons. The second-order valence-electron chi connectivity index (χ2n) is 3.83. The number of nitrogens with two attached hydrogens (primary N) is 1. The number of hydrogen-bond acceptors (Lipinski definition) is 3. The van der Waals surface area contributed by atoms with Crippen LogP contribution in [-0.2, 0) is 6.42 Å².